The normalized spacial score (nSPS) is 12.7. The molecular formula is C20H30N2O6. The lowest BCUT2D eigenvalue weighted by Crippen LogP contribution is -2.41. The number of alkyl carbamates (subject to hydrolysis) is 1. The molecule has 1 rings (SSSR count). The smallest absolute Gasteiger partial charge is 0.409 e. The molecule has 0 heterocycles. The Morgan fingerprint density at radius 3 is 2.07 bits per heavy atom. The second-order valence-corrected chi connectivity index (χ2v) is 8.17. The molecule has 2 amide bonds. The molecule has 1 unspecified atom stereocenters. The zero-order chi connectivity index (χ0) is 21.5. The van der Waals surface area contributed by atoms with E-state index in [1.807, 2.05) is 0 Å². The summed E-state index contributed by atoms with van der Waals surface area (Å²) < 4.78 is 15.6. The van der Waals surface area contributed by atoms with Crippen LogP contribution in [0.5, 0.6) is 0 Å². The summed E-state index contributed by atoms with van der Waals surface area (Å²) in [5.74, 6) is -0.988. The number of hydrogen-bond donors (Lipinski definition) is 2. The van der Waals surface area contributed by atoms with E-state index in [2.05, 4.69) is 10.6 Å². The van der Waals surface area contributed by atoms with E-state index in [0.29, 0.717) is 5.69 Å². The first-order chi connectivity index (χ1) is 12.8. The second-order valence-electron chi connectivity index (χ2n) is 8.17. The first kappa shape index (κ1) is 23.4. The van der Waals surface area contributed by atoms with E-state index in [1.165, 1.54) is 7.11 Å². The molecule has 1 atom stereocenters. The maximum absolute atomic E-state index is 12.4. The Labute approximate surface area is 165 Å². The first-order valence-corrected chi connectivity index (χ1v) is 8.95. The maximum atomic E-state index is 12.4. The molecule has 28 heavy (non-hydrogen) atoms. The van der Waals surface area contributed by atoms with E-state index < -0.39 is 35.4 Å². The molecule has 1 aromatic carbocycles. The number of ether oxygens (including phenoxy) is 3. The lowest BCUT2D eigenvalue weighted by Gasteiger charge is -2.23. The molecule has 0 aromatic heterocycles. The summed E-state index contributed by atoms with van der Waals surface area (Å²) in [6.45, 7) is 10.5. The average Bonchev–Trinajstić information content (AvgIpc) is 2.51. The number of amides is 2. The Hall–Kier alpha value is -2.61. The minimum absolute atomic E-state index is 0.168. The van der Waals surface area contributed by atoms with Crippen molar-refractivity contribution in [3.05, 3.63) is 29.8 Å². The molecule has 0 bridgehead atoms. The molecule has 1 aromatic rings. The van der Waals surface area contributed by atoms with Gasteiger partial charge >= 0.3 is 12.1 Å². The fourth-order valence-corrected chi connectivity index (χ4v) is 2.11. The average molecular weight is 394 g/mol. The monoisotopic (exact) mass is 394 g/mol. The number of methoxy groups -OCH3 is 1. The van der Waals surface area contributed by atoms with Crippen molar-refractivity contribution in [1.29, 1.82) is 0 Å². The predicted molar refractivity (Wildman–Crippen MR) is 105 cm³/mol. The highest BCUT2D eigenvalue weighted by Crippen LogP contribution is 2.20. The Morgan fingerprint density at radius 2 is 1.54 bits per heavy atom. The molecule has 0 saturated heterocycles. The second kappa shape index (κ2) is 9.54. The number of carbonyl (C=O) groups excluding carboxylic acids is 3. The summed E-state index contributed by atoms with van der Waals surface area (Å²) >= 11 is 0. The number of esters is 1. The number of para-hydroxylation sites is 1. The van der Waals surface area contributed by atoms with Gasteiger partial charge in [0.25, 0.3) is 0 Å². The highest BCUT2D eigenvalue weighted by Gasteiger charge is 2.23. The Morgan fingerprint density at radius 1 is 0.964 bits per heavy atom. The maximum Gasteiger partial charge on any atom is 0.409 e. The van der Waals surface area contributed by atoms with Crippen LogP contribution in [0.4, 0.5) is 10.5 Å². The van der Waals surface area contributed by atoms with Gasteiger partial charge in [-0.05, 0) is 53.7 Å². The molecule has 8 nitrogen and oxygen atoms in total. The fourth-order valence-electron chi connectivity index (χ4n) is 2.11. The van der Waals surface area contributed by atoms with Crippen LogP contribution in [0.3, 0.4) is 0 Å². The van der Waals surface area contributed by atoms with Crippen molar-refractivity contribution in [2.75, 3.05) is 12.4 Å². The highest BCUT2D eigenvalue weighted by atomic mass is 16.6. The van der Waals surface area contributed by atoms with Gasteiger partial charge in [0.2, 0.25) is 5.91 Å². The van der Waals surface area contributed by atoms with Gasteiger partial charge < -0.3 is 19.5 Å². The summed E-state index contributed by atoms with van der Waals surface area (Å²) in [7, 11) is 1.37. The van der Waals surface area contributed by atoms with Crippen LogP contribution in [0.15, 0.2) is 24.3 Å². The molecule has 0 aliphatic heterocycles. The molecule has 2 N–H and O–H groups in total. The van der Waals surface area contributed by atoms with Crippen LogP contribution in [-0.4, -0.2) is 42.5 Å². The van der Waals surface area contributed by atoms with E-state index in [4.69, 9.17) is 14.2 Å². The molecule has 8 heteroatoms. The summed E-state index contributed by atoms with van der Waals surface area (Å²) in [4.78, 5) is 36.6. The van der Waals surface area contributed by atoms with E-state index in [0.717, 1.165) is 0 Å². The first-order valence-electron chi connectivity index (χ1n) is 8.95. The third-order valence-corrected chi connectivity index (χ3v) is 3.15. The van der Waals surface area contributed by atoms with Crippen LogP contribution >= 0.6 is 0 Å². The number of rotatable bonds is 6. The highest BCUT2D eigenvalue weighted by molar-refractivity contribution is 6.01. The molecule has 0 spiro atoms. The van der Waals surface area contributed by atoms with Gasteiger partial charge in [-0.2, -0.15) is 0 Å². The number of carbonyl (C=O) groups is 3. The standard InChI is InChI=1S/C20H30N2O6/c1-19(2,3)27-17(24)13-10-8-9-11-14(13)21-15(23)12-16(26-7)22-18(25)28-20(4,5)6/h8-11,16H,12H2,1-7H3,(H,21,23)(H,22,25). The molecule has 0 fully saturated rings. The summed E-state index contributed by atoms with van der Waals surface area (Å²) in [6.07, 6.45) is -1.75. The number of anilines is 1. The van der Waals surface area contributed by atoms with Gasteiger partial charge in [-0.3, -0.25) is 10.1 Å². The van der Waals surface area contributed by atoms with Gasteiger partial charge in [-0.25, -0.2) is 9.59 Å². The zero-order valence-electron chi connectivity index (χ0n) is 17.5. The van der Waals surface area contributed by atoms with Crippen LogP contribution < -0.4 is 10.6 Å². The third kappa shape index (κ3) is 8.85. The van der Waals surface area contributed by atoms with Crippen LogP contribution in [0, 0.1) is 0 Å². The van der Waals surface area contributed by atoms with E-state index in [1.54, 1.807) is 65.8 Å². The van der Waals surface area contributed by atoms with Crippen molar-refractivity contribution in [1.82, 2.24) is 5.32 Å². The van der Waals surface area contributed by atoms with Crippen molar-refractivity contribution >= 4 is 23.7 Å². The van der Waals surface area contributed by atoms with Crippen molar-refractivity contribution in [3.8, 4) is 0 Å². The number of benzene rings is 1. The van der Waals surface area contributed by atoms with Gasteiger partial charge in [0.1, 0.15) is 17.4 Å². The van der Waals surface area contributed by atoms with Gasteiger partial charge in [0, 0.05) is 7.11 Å². The minimum Gasteiger partial charge on any atom is -0.456 e. The summed E-state index contributed by atoms with van der Waals surface area (Å²) in [5, 5.41) is 5.12. The fraction of sp³-hybridized carbons (Fsp3) is 0.550. The quantitative estimate of drug-likeness (QED) is 0.566. The van der Waals surface area contributed by atoms with Gasteiger partial charge in [0.05, 0.1) is 17.7 Å². The zero-order valence-corrected chi connectivity index (χ0v) is 17.5. The van der Waals surface area contributed by atoms with Gasteiger partial charge in [-0.15, -0.1) is 0 Å². The predicted octanol–water partition coefficient (Wildman–Crippen LogP) is 3.47. The van der Waals surface area contributed by atoms with Crippen LogP contribution in [-0.2, 0) is 19.0 Å². The molecule has 156 valence electrons. The molecule has 0 saturated carbocycles. The van der Waals surface area contributed by atoms with Crippen molar-refractivity contribution in [2.45, 2.75) is 65.4 Å². The van der Waals surface area contributed by atoms with Gasteiger partial charge in [-0.1, -0.05) is 12.1 Å². The molecule has 0 aliphatic rings. The van der Waals surface area contributed by atoms with Crippen molar-refractivity contribution < 1.29 is 28.6 Å². The number of hydrogen-bond acceptors (Lipinski definition) is 6. The van der Waals surface area contributed by atoms with E-state index in [9.17, 15) is 14.4 Å². The lowest BCUT2D eigenvalue weighted by molar-refractivity contribution is -0.118. The lowest BCUT2D eigenvalue weighted by atomic mass is 10.1. The Bertz CT molecular complexity index is 703. The topological polar surface area (TPSA) is 103 Å². The summed E-state index contributed by atoms with van der Waals surface area (Å²) in [6, 6.07) is 6.53. The molecular weight excluding hydrogens is 364 g/mol. The van der Waals surface area contributed by atoms with E-state index >= 15 is 0 Å². The molecule has 0 radical (unpaired) electrons. The third-order valence-electron chi connectivity index (χ3n) is 3.15. The summed E-state index contributed by atoms with van der Waals surface area (Å²) in [5.41, 5.74) is -0.780. The van der Waals surface area contributed by atoms with Crippen LogP contribution in [0.25, 0.3) is 0 Å². The van der Waals surface area contributed by atoms with Crippen LogP contribution in [0.2, 0.25) is 0 Å². The Kier molecular flexibility index (Phi) is 7.99. The van der Waals surface area contributed by atoms with Crippen molar-refractivity contribution in [2.24, 2.45) is 0 Å². The van der Waals surface area contributed by atoms with Crippen LogP contribution in [0.1, 0.15) is 58.3 Å². The largest absolute Gasteiger partial charge is 0.456 e. The van der Waals surface area contributed by atoms with Gasteiger partial charge in [0.15, 0.2) is 0 Å². The minimum atomic E-state index is -0.886. The van der Waals surface area contributed by atoms with E-state index in [-0.39, 0.29) is 12.0 Å². The van der Waals surface area contributed by atoms with Crippen molar-refractivity contribution in [3.63, 3.8) is 0 Å². The number of nitrogens with one attached hydrogen (secondary N) is 2. The SMILES string of the molecule is COC(CC(=O)Nc1ccccc1C(=O)OC(C)(C)C)NC(=O)OC(C)(C)C. The Balaban J connectivity index is 2.77. The molecule has 0 aliphatic carbocycles.